The van der Waals surface area contributed by atoms with E-state index in [1.165, 1.54) is 11.3 Å². The van der Waals surface area contributed by atoms with Crippen LogP contribution in [-0.2, 0) is 4.74 Å². The number of morpholine rings is 1. The molecule has 9 heteroatoms. The van der Waals surface area contributed by atoms with Crippen LogP contribution >= 0.6 is 11.3 Å². The van der Waals surface area contributed by atoms with Gasteiger partial charge in [-0.25, -0.2) is 9.97 Å². The Kier molecular flexibility index (Phi) is 6.75. The van der Waals surface area contributed by atoms with Gasteiger partial charge in [-0.2, -0.15) is 0 Å². The summed E-state index contributed by atoms with van der Waals surface area (Å²) in [5.74, 6) is 0.732. The van der Waals surface area contributed by atoms with E-state index in [2.05, 4.69) is 9.88 Å². The van der Waals surface area contributed by atoms with Crippen molar-refractivity contribution in [2.45, 2.75) is 20.3 Å². The average Bonchev–Trinajstić information content (AvgIpc) is 3.42. The van der Waals surface area contributed by atoms with E-state index in [-0.39, 0.29) is 5.91 Å². The molecule has 34 heavy (non-hydrogen) atoms. The fourth-order valence-electron chi connectivity index (χ4n) is 4.32. The third-order valence-electron chi connectivity index (χ3n) is 6.00. The first-order valence-electron chi connectivity index (χ1n) is 11.7. The van der Waals surface area contributed by atoms with E-state index >= 15 is 0 Å². The van der Waals surface area contributed by atoms with Crippen LogP contribution in [0.25, 0.3) is 15.9 Å². The highest BCUT2D eigenvalue weighted by molar-refractivity contribution is 7.22. The third kappa shape index (κ3) is 4.64. The molecule has 0 saturated carbocycles. The molecule has 4 heterocycles. The number of ether oxygens (including phenoxy) is 2. The first kappa shape index (κ1) is 22.8. The maximum atomic E-state index is 13.9. The van der Waals surface area contributed by atoms with Gasteiger partial charge < -0.3 is 9.47 Å². The molecule has 1 amide bonds. The summed E-state index contributed by atoms with van der Waals surface area (Å²) in [6, 6.07) is 11.6. The second-order valence-electron chi connectivity index (χ2n) is 8.30. The molecule has 0 unspecified atom stereocenters. The number of thiazole rings is 1. The molecule has 5 rings (SSSR count). The van der Waals surface area contributed by atoms with Crippen molar-refractivity contribution in [2.24, 2.45) is 0 Å². The van der Waals surface area contributed by atoms with E-state index in [0.717, 1.165) is 60.9 Å². The number of anilines is 1. The lowest BCUT2D eigenvalue weighted by Gasteiger charge is -2.27. The highest BCUT2D eigenvalue weighted by atomic mass is 32.1. The summed E-state index contributed by atoms with van der Waals surface area (Å²) >= 11 is 1.52. The smallest absolute Gasteiger partial charge is 0.278 e. The molecule has 178 valence electrons. The molecule has 0 radical (unpaired) electrons. The Morgan fingerprint density at radius 1 is 1.21 bits per heavy atom. The highest BCUT2D eigenvalue weighted by Gasteiger charge is 2.26. The number of pyridine rings is 1. The van der Waals surface area contributed by atoms with Gasteiger partial charge in [-0.15, -0.1) is 0 Å². The number of aromatic nitrogens is 3. The monoisotopic (exact) mass is 479 g/mol. The van der Waals surface area contributed by atoms with Gasteiger partial charge in [0.2, 0.25) is 0 Å². The molecule has 4 aromatic rings. The Bertz CT molecular complexity index is 1290. The van der Waals surface area contributed by atoms with Gasteiger partial charge in [0, 0.05) is 32.4 Å². The van der Waals surface area contributed by atoms with E-state index in [4.69, 9.17) is 14.5 Å². The molecule has 1 fully saturated rings. The number of rotatable bonds is 8. The summed E-state index contributed by atoms with van der Waals surface area (Å²) in [6.07, 6.45) is 2.74. The second-order valence-corrected chi connectivity index (χ2v) is 9.31. The molecule has 1 aliphatic heterocycles. The van der Waals surface area contributed by atoms with Gasteiger partial charge in [0.25, 0.3) is 5.91 Å². The highest BCUT2D eigenvalue weighted by Crippen LogP contribution is 2.33. The largest absolute Gasteiger partial charge is 0.494 e. The lowest BCUT2D eigenvalue weighted by molar-refractivity contribution is 0.0376. The first-order chi connectivity index (χ1) is 16.6. The summed E-state index contributed by atoms with van der Waals surface area (Å²) in [7, 11) is 0. The lowest BCUT2D eigenvalue weighted by atomic mass is 10.2. The zero-order chi connectivity index (χ0) is 23.5. The molecule has 0 bridgehead atoms. The number of fused-ring (bicyclic) bond motifs is 2. The summed E-state index contributed by atoms with van der Waals surface area (Å²) in [6.45, 7) is 9.36. The predicted octanol–water partition coefficient (Wildman–Crippen LogP) is 4.02. The summed E-state index contributed by atoms with van der Waals surface area (Å²) < 4.78 is 14.0. The molecule has 3 aromatic heterocycles. The second kappa shape index (κ2) is 10.1. The quantitative estimate of drug-likeness (QED) is 0.380. The fraction of sp³-hybridized carbons (Fsp3) is 0.400. The molecule has 0 spiro atoms. The van der Waals surface area contributed by atoms with Crippen molar-refractivity contribution >= 4 is 38.2 Å². The van der Waals surface area contributed by atoms with Crippen LogP contribution in [0.2, 0.25) is 0 Å². The number of aryl methyl sites for hydroxylation is 1. The lowest BCUT2D eigenvalue weighted by Crippen LogP contribution is -2.39. The number of imidazole rings is 1. The van der Waals surface area contributed by atoms with Crippen LogP contribution in [0.15, 0.2) is 42.6 Å². The number of nitrogens with zero attached hydrogens (tertiary/aromatic N) is 5. The SMILES string of the molecule is CCOc1ccc2nc(N(CCCN3CCOCC3)C(=O)c3c(C)nc4ccccn34)sc2c1. The predicted molar refractivity (Wildman–Crippen MR) is 134 cm³/mol. The van der Waals surface area contributed by atoms with Crippen molar-refractivity contribution in [3.05, 3.63) is 54.0 Å². The zero-order valence-electron chi connectivity index (χ0n) is 19.6. The molecule has 0 N–H and O–H groups in total. The van der Waals surface area contributed by atoms with E-state index in [1.54, 1.807) is 0 Å². The van der Waals surface area contributed by atoms with Crippen molar-refractivity contribution in [3.8, 4) is 5.75 Å². The summed E-state index contributed by atoms with van der Waals surface area (Å²) in [4.78, 5) is 27.6. The minimum Gasteiger partial charge on any atom is -0.494 e. The van der Waals surface area contributed by atoms with Crippen LogP contribution in [0.4, 0.5) is 5.13 Å². The van der Waals surface area contributed by atoms with E-state index in [9.17, 15) is 4.79 Å². The van der Waals surface area contributed by atoms with Crippen molar-refractivity contribution in [3.63, 3.8) is 0 Å². The van der Waals surface area contributed by atoms with Gasteiger partial charge in [0.1, 0.15) is 17.1 Å². The molecule has 8 nitrogen and oxygen atoms in total. The fourth-order valence-corrected chi connectivity index (χ4v) is 5.34. The minimum absolute atomic E-state index is 0.0812. The first-order valence-corrected chi connectivity index (χ1v) is 12.5. The molecular formula is C25H29N5O3S. The van der Waals surface area contributed by atoms with Crippen LogP contribution in [0.3, 0.4) is 0 Å². The molecule has 0 aliphatic carbocycles. The average molecular weight is 480 g/mol. The van der Waals surface area contributed by atoms with Crippen LogP contribution in [-0.4, -0.2) is 71.2 Å². The number of carbonyl (C=O) groups is 1. The van der Waals surface area contributed by atoms with E-state index in [0.29, 0.717) is 29.7 Å². The van der Waals surface area contributed by atoms with Gasteiger partial charge in [-0.3, -0.25) is 19.0 Å². The van der Waals surface area contributed by atoms with E-state index in [1.807, 2.05) is 65.7 Å². The Morgan fingerprint density at radius 3 is 2.88 bits per heavy atom. The van der Waals surface area contributed by atoms with Crippen molar-refractivity contribution in [2.75, 3.05) is 50.9 Å². The van der Waals surface area contributed by atoms with Crippen molar-refractivity contribution < 1.29 is 14.3 Å². The maximum Gasteiger partial charge on any atom is 0.278 e. The Balaban J connectivity index is 1.47. The topological polar surface area (TPSA) is 72.2 Å². The van der Waals surface area contributed by atoms with Crippen LogP contribution in [0, 0.1) is 6.92 Å². The Morgan fingerprint density at radius 2 is 2.06 bits per heavy atom. The Labute approximate surface area is 202 Å². The molecular weight excluding hydrogens is 450 g/mol. The van der Waals surface area contributed by atoms with Crippen molar-refractivity contribution in [1.29, 1.82) is 0 Å². The third-order valence-corrected chi connectivity index (χ3v) is 7.04. The van der Waals surface area contributed by atoms with Crippen LogP contribution < -0.4 is 9.64 Å². The van der Waals surface area contributed by atoms with Gasteiger partial charge in [0.05, 0.1) is 35.7 Å². The van der Waals surface area contributed by atoms with Crippen LogP contribution in [0.5, 0.6) is 5.75 Å². The minimum atomic E-state index is -0.0812. The van der Waals surface area contributed by atoms with E-state index < -0.39 is 0 Å². The van der Waals surface area contributed by atoms with Gasteiger partial charge in [0.15, 0.2) is 5.13 Å². The standard InChI is InChI=1S/C25H29N5O3S/c1-3-33-19-8-9-20-21(17-19)34-25(27-20)30(12-6-10-28-13-15-32-16-14-28)24(31)23-18(2)26-22-7-4-5-11-29(22)23/h4-5,7-9,11,17H,3,6,10,12-16H2,1-2H3. The maximum absolute atomic E-state index is 13.9. The van der Waals surface area contributed by atoms with Crippen LogP contribution in [0.1, 0.15) is 29.5 Å². The van der Waals surface area contributed by atoms with Gasteiger partial charge in [-0.1, -0.05) is 17.4 Å². The van der Waals surface area contributed by atoms with Crippen molar-refractivity contribution in [1.82, 2.24) is 19.3 Å². The number of amides is 1. The number of benzene rings is 1. The summed E-state index contributed by atoms with van der Waals surface area (Å²) in [5.41, 5.74) is 2.93. The molecule has 1 aliphatic rings. The number of hydrogen-bond donors (Lipinski definition) is 0. The number of hydrogen-bond acceptors (Lipinski definition) is 7. The zero-order valence-corrected chi connectivity index (χ0v) is 20.4. The summed E-state index contributed by atoms with van der Waals surface area (Å²) in [5, 5.41) is 0.695. The molecule has 1 aromatic carbocycles. The molecule has 1 saturated heterocycles. The molecule has 0 atom stereocenters. The van der Waals surface area contributed by atoms with Gasteiger partial charge in [-0.05, 0) is 50.6 Å². The van der Waals surface area contributed by atoms with Gasteiger partial charge >= 0.3 is 0 Å². The number of carbonyl (C=O) groups excluding carboxylic acids is 1. The normalized spacial score (nSPS) is 14.6. The Hall–Kier alpha value is -3.01.